The number of halogens is 2. The lowest BCUT2D eigenvalue weighted by molar-refractivity contribution is 0.187. The fraction of sp³-hybridized carbons (Fsp3) is 0.444. The molecule has 0 aliphatic heterocycles. The monoisotopic (exact) mass is 308 g/mol. The number of benzene rings is 1. The Balaban J connectivity index is 1.91. The van der Waals surface area contributed by atoms with E-state index < -0.39 is 11.6 Å². The molecule has 2 rings (SSSR count). The molecule has 1 aromatic carbocycles. The van der Waals surface area contributed by atoms with E-state index in [9.17, 15) is 8.78 Å². The molecule has 1 fully saturated rings. The molecule has 0 aromatic heterocycles. The Morgan fingerprint density at radius 3 is 2.14 bits per heavy atom. The van der Waals surface area contributed by atoms with Crippen LogP contribution in [0.3, 0.4) is 0 Å². The molecule has 1 aliphatic rings. The van der Waals surface area contributed by atoms with Crippen LogP contribution in [-0.2, 0) is 0 Å². The highest BCUT2D eigenvalue weighted by Gasteiger charge is 2.21. The molecule has 0 saturated heterocycles. The summed E-state index contributed by atoms with van der Waals surface area (Å²) in [5, 5.41) is 0. The fourth-order valence-corrected chi connectivity index (χ4v) is 2.68. The molecule has 1 aliphatic carbocycles. The molecule has 0 radical (unpaired) electrons. The van der Waals surface area contributed by atoms with Gasteiger partial charge < -0.3 is 9.47 Å². The van der Waals surface area contributed by atoms with Crippen LogP contribution in [0.1, 0.15) is 25.7 Å². The Morgan fingerprint density at radius 1 is 1.00 bits per heavy atom. The zero-order chi connectivity index (χ0) is 15.9. The van der Waals surface area contributed by atoms with E-state index in [-0.39, 0.29) is 18.1 Å². The number of ether oxygens (including phenoxy) is 2. The summed E-state index contributed by atoms with van der Waals surface area (Å²) in [6.45, 7) is 7.82. The van der Waals surface area contributed by atoms with Gasteiger partial charge in [-0.25, -0.2) is 0 Å². The van der Waals surface area contributed by atoms with Crippen molar-refractivity contribution in [2.45, 2.75) is 25.7 Å². The fourth-order valence-electron chi connectivity index (χ4n) is 2.68. The minimum Gasteiger partial charge on any atom is -0.490 e. The summed E-state index contributed by atoms with van der Waals surface area (Å²) in [6.07, 6.45) is 7.70. The highest BCUT2D eigenvalue weighted by Crippen LogP contribution is 2.31. The lowest BCUT2D eigenvalue weighted by atomic mass is 9.82. The van der Waals surface area contributed by atoms with Gasteiger partial charge in [0.25, 0.3) is 0 Å². The van der Waals surface area contributed by atoms with E-state index in [0.29, 0.717) is 18.4 Å². The van der Waals surface area contributed by atoms with E-state index in [0.717, 1.165) is 25.7 Å². The van der Waals surface area contributed by atoms with Crippen molar-refractivity contribution >= 4 is 0 Å². The van der Waals surface area contributed by atoms with Gasteiger partial charge in [-0.15, -0.1) is 6.58 Å². The van der Waals surface area contributed by atoms with Crippen LogP contribution in [0.4, 0.5) is 8.78 Å². The van der Waals surface area contributed by atoms with Crippen molar-refractivity contribution in [1.29, 1.82) is 0 Å². The average molecular weight is 308 g/mol. The predicted octanol–water partition coefficient (Wildman–Crippen LogP) is 4.90. The molecule has 4 heteroatoms. The average Bonchev–Trinajstić information content (AvgIpc) is 2.56. The third-order valence-corrected chi connectivity index (χ3v) is 4.07. The Bertz CT molecular complexity index is 520. The Hall–Kier alpha value is -1.84. The summed E-state index contributed by atoms with van der Waals surface area (Å²) in [5.74, 6) is -1.25. The van der Waals surface area contributed by atoms with E-state index in [2.05, 4.69) is 13.2 Å². The number of rotatable bonds is 7. The van der Waals surface area contributed by atoms with Crippen LogP contribution in [0.2, 0.25) is 0 Å². The third kappa shape index (κ3) is 4.09. The van der Waals surface area contributed by atoms with Crippen LogP contribution < -0.4 is 9.47 Å². The third-order valence-electron chi connectivity index (χ3n) is 4.07. The van der Waals surface area contributed by atoms with Crippen LogP contribution in [0, 0.1) is 23.5 Å². The maximum absolute atomic E-state index is 13.9. The van der Waals surface area contributed by atoms with Gasteiger partial charge in [0.2, 0.25) is 11.6 Å². The molecule has 120 valence electrons. The quantitative estimate of drug-likeness (QED) is 0.667. The van der Waals surface area contributed by atoms with Crippen LogP contribution >= 0.6 is 0 Å². The van der Waals surface area contributed by atoms with E-state index in [4.69, 9.17) is 9.47 Å². The maximum Gasteiger partial charge on any atom is 0.204 e. The summed E-state index contributed by atoms with van der Waals surface area (Å²) in [6, 6.07) is 2.79. The van der Waals surface area contributed by atoms with Gasteiger partial charge >= 0.3 is 0 Å². The van der Waals surface area contributed by atoms with Crippen molar-refractivity contribution in [3.8, 4) is 11.5 Å². The summed E-state index contributed by atoms with van der Waals surface area (Å²) >= 11 is 0. The second-order valence-electron chi connectivity index (χ2n) is 5.62. The molecule has 1 aromatic rings. The summed E-state index contributed by atoms with van der Waals surface area (Å²) in [4.78, 5) is 0. The van der Waals surface area contributed by atoms with Crippen LogP contribution in [0.15, 0.2) is 37.4 Å². The van der Waals surface area contributed by atoms with Crippen molar-refractivity contribution in [3.63, 3.8) is 0 Å². The van der Waals surface area contributed by atoms with Gasteiger partial charge in [0.1, 0.15) is 6.61 Å². The Kier molecular flexibility index (Phi) is 5.99. The molecular weight excluding hydrogens is 286 g/mol. The lowest BCUT2D eigenvalue weighted by Crippen LogP contribution is -2.19. The van der Waals surface area contributed by atoms with Gasteiger partial charge in [-0.2, -0.15) is 8.78 Å². The smallest absolute Gasteiger partial charge is 0.204 e. The maximum atomic E-state index is 13.9. The second-order valence-corrected chi connectivity index (χ2v) is 5.62. The SMILES string of the molecule is C=CCOc1ccc(OCC2CCC(C=C)CC2)c(F)c1F. The van der Waals surface area contributed by atoms with Crippen molar-refractivity contribution < 1.29 is 18.3 Å². The lowest BCUT2D eigenvalue weighted by Gasteiger charge is -2.26. The minimum absolute atomic E-state index is 0.0608. The van der Waals surface area contributed by atoms with Gasteiger partial charge in [-0.05, 0) is 49.7 Å². The van der Waals surface area contributed by atoms with Crippen LogP contribution in [-0.4, -0.2) is 13.2 Å². The van der Waals surface area contributed by atoms with Crippen molar-refractivity contribution in [2.24, 2.45) is 11.8 Å². The normalized spacial score (nSPS) is 21.2. The highest BCUT2D eigenvalue weighted by atomic mass is 19.2. The first kappa shape index (κ1) is 16.5. The standard InChI is InChI=1S/C18H22F2O2/c1-3-11-21-15-9-10-16(18(20)17(15)19)22-12-14-7-5-13(4-2)6-8-14/h3-4,9-10,13-14H,1-2,5-8,11-12H2. The number of hydrogen-bond donors (Lipinski definition) is 0. The molecule has 0 amide bonds. The van der Waals surface area contributed by atoms with E-state index in [1.54, 1.807) is 0 Å². The molecule has 0 N–H and O–H groups in total. The molecule has 2 nitrogen and oxygen atoms in total. The molecule has 1 saturated carbocycles. The first-order chi connectivity index (χ1) is 10.7. The van der Waals surface area contributed by atoms with Crippen molar-refractivity contribution in [1.82, 2.24) is 0 Å². The Labute approximate surface area is 130 Å². The van der Waals surface area contributed by atoms with E-state index in [1.807, 2.05) is 6.08 Å². The minimum atomic E-state index is -1.02. The van der Waals surface area contributed by atoms with Gasteiger partial charge in [-0.1, -0.05) is 18.7 Å². The van der Waals surface area contributed by atoms with Gasteiger partial charge in [0.05, 0.1) is 6.61 Å². The molecular formula is C18H22F2O2. The van der Waals surface area contributed by atoms with Gasteiger partial charge in [0.15, 0.2) is 11.5 Å². The van der Waals surface area contributed by atoms with Crippen molar-refractivity contribution in [2.75, 3.05) is 13.2 Å². The Morgan fingerprint density at radius 2 is 1.59 bits per heavy atom. The molecule has 0 bridgehead atoms. The van der Waals surface area contributed by atoms with Gasteiger partial charge in [-0.3, -0.25) is 0 Å². The zero-order valence-corrected chi connectivity index (χ0v) is 12.7. The predicted molar refractivity (Wildman–Crippen MR) is 83.2 cm³/mol. The van der Waals surface area contributed by atoms with E-state index >= 15 is 0 Å². The number of hydrogen-bond acceptors (Lipinski definition) is 2. The molecule has 0 unspecified atom stereocenters. The van der Waals surface area contributed by atoms with Gasteiger partial charge in [0, 0.05) is 0 Å². The topological polar surface area (TPSA) is 18.5 Å². The molecule has 0 atom stereocenters. The molecule has 0 heterocycles. The van der Waals surface area contributed by atoms with Crippen LogP contribution in [0.25, 0.3) is 0 Å². The largest absolute Gasteiger partial charge is 0.490 e. The first-order valence-electron chi connectivity index (χ1n) is 7.62. The molecule has 0 spiro atoms. The highest BCUT2D eigenvalue weighted by molar-refractivity contribution is 5.35. The number of allylic oxidation sites excluding steroid dienone is 1. The first-order valence-corrected chi connectivity index (χ1v) is 7.62. The summed E-state index contributed by atoms with van der Waals surface area (Å²) < 4.78 is 38.3. The van der Waals surface area contributed by atoms with E-state index in [1.165, 1.54) is 18.2 Å². The van der Waals surface area contributed by atoms with Crippen molar-refractivity contribution in [3.05, 3.63) is 49.1 Å². The van der Waals surface area contributed by atoms with Crippen LogP contribution in [0.5, 0.6) is 11.5 Å². The summed E-state index contributed by atoms with van der Waals surface area (Å²) in [7, 11) is 0. The molecule has 22 heavy (non-hydrogen) atoms. The summed E-state index contributed by atoms with van der Waals surface area (Å²) in [5.41, 5.74) is 0. The zero-order valence-electron chi connectivity index (χ0n) is 12.7. The second kappa shape index (κ2) is 7.97.